The maximum absolute atomic E-state index is 13.4. The highest BCUT2D eigenvalue weighted by Crippen LogP contribution is 2.32. The fourth-order valence-corrected chi connectivity index (χ4v) is 5.67. The Hall–Kier alpha value is -3.26. The van der Waals surface area contributed by atoms with Crippen LogP contribution in [0.1, 0.15) is 37.0 Å². The first kappa shape index (κ1) is 28.3. The molecule has 0 aliphatic carbocycles. The van der Waals surface area contributed by atoms with Crippen molar-refractivity contribution in [1.29, 1.82) is 0 Å². The number of ether oxygens (including phenoxy) is 2. The van der Waals surface area contributed by atoms with Crippen molar-refractivity contribution in [3.63, 3.8) is 0 Å². The minimum absolute atomic E-state index is 0.0718. The topological polar surface area (TPSA) is 66.1 Å². The van der Waals surface area contributed by atoms with Crippen LogP contribution in [0.3, 0.4) is 0 Å². The Kier molecular flexibility index (Phi) is 9.47. The Morgan fingerprint density at radius 3 is 2.40 bits per heavy atom. The zero-order valence-electron chi connectivity index (χ0n) is 23.4. The maximum atomic E-state index is 13.4. The normalized spacial score (nSPS) is 18.2. The molecular weight excluding hydrogens is 524 g/mol. The second kappa shape index (κ2) is 13.4. The van der Waals surface area contributed by atoms with Gasteiger partial charge in [-0.25, -0.2) is 0 Å². The number of nitrogens with one attached hydrogen (secondary N) is 2. The monoisotopic (exact) mass is 562 g/mol. The van der Waals surface area contributed by atoms with Gasteiger partial charge in [0, 0.05) is 56.0 Å². The van der Waals surface area contributed by atoms with Crippen molar-refractivity contribution in [2.45, 2.75) is 51.9 Å². The fourth-order valence-electron chi connectivity index (χ4n) is 5.54. The number of amides is 1. The quantitative estimate of drug-likeness (QED) is 0.324. The van der Waals surface area contributed by atoms with Gasteiger partial charge in [-0.1, -0.05) is 41.9 Å². The summed E-state index contributed by atoms with van der Waals surface area (Å²) in [7, 11) is 0. The second-order valence-electron chi connectivity index (χ2n) is 10.5. The van der Waals surface area contributed by atoms with Crippen LogP contribution in [0.25, 0.3) is 0 Å². The fraction of sp³-hybridized carbons (Fsp3) is 0.406. The zero-order chi connectivity index (χ0) is 27.9. The molecular formula is C32H39ClN4O3. The van der Waals surface area contributed by atoms with Crippen molar-refractivity contribution in [2.75, 3.05) is 37.9 Å². The highest BCUT2D eigenvalue weighted by atomic mass is 35.5. The van der Waals surface area contributed by atoms with Gasteiger partial charge in [0.1, 0.15) is 0 Å². The van der Waals surface area contributed by atoms with E-state index < -0.39 is 0 Å². The van der Waals surface area contributed by atoms with Gasteiger partial charge in [-0.3, -0.25) is 9.69 Å². The Bertz CT molecular complexity index is 1260. The van der Waals surface area contributed by atoms with Crippen molar-refractivity contribution >= 4 is 23.2 Å². The largest absolute Gasteiger partial charge is 0.454 e. The van der Waals surface area contributed by atoms with Gasteiger partial charge < -0.3 is 25.0 Å². The van der Waals surface area contributed by atoms with Crippen molar-refractivity contribution in [3.05, 3.63) is 88.4 Å². The van der Waals surface area contributed by atoms with Crippen LogP contribution < -0.4 is 25.0 Å². The number of carbonyl (C=O) groups is 1. The van der Waals surface area contributed by atoms with E-state index in [1.54, 1.807) is 0 Å². The van der Waals surface area contributed by atoms with Crippen molar-refractivity contribution in [1.82, 2.24) is 15.5 Å². The van der Waals surface area contributed by atoms with Crippen LogP contribution in [0.2, 0.25) is 5.02 Å². The number of hydrogen-bond acceptors (Lipinski definition) is 6. The van der Waals surface area contributed by atoms with E-state index in [1.807, 2.05) is 42.5 Å². The van der Waals surface area contributed by atoms with Crippen LogP contribution in [-0.4, -0.2) is 55.9 Å². The molecule has 1 saturated heterocycles. The number of benzene rings is 3. The molecule has 3 aromatic rings. The van der Waals surface area contributed by atoms with Crippen molar-refractivity contribution in [3.8, 4) is 11.5 Å². The van der Waals surface area contributed by atoms with Crippen LogP contribution in [-0.2, 0) is 24.3 Å². The molecule has 2 aliphatic rings. The molecule has 5 rings (SSSR count). The number of halogens is 1. The summed E-state index contributed by atoms with van der Waals surface area (Å²) in [6, 6.07) is 22.6. The summed E-state index contributed by atoms with van der Waals surface area (Å²) < 4.78 is 10.9. The standard InChI is InChI=1S/C32H39ClN4O3/c1-3-36(4-2)28-12-7-24(8-13-28)19-35-27-18-29(37(21-27)20-25-5-10-26(33)11-6-25)32(38)34-16-15-23-9-14-30-31(17-23)40-22-39-30/h5-14,17,27,29,35H,3-4,15-16,18-22H2,1-2H3,(H,34,38)/t27-,29-/m0/s1. The number of likely N-dealkylation sites (tertiary alicyclic amines) is 1. The average Bonchev–Trinajstić information content (AvgIpc) is 3.61. The van der Waals surface area contributed by atoms with Crippen LogP contribution in [0.5, 0.6) is 11.5 Å². The summed E-state index contributed by atoms with van der Waals surface area (Å²) in [6.45, 7) is 9.47. The molecule has 8 heteroatoms. The SMILES string of the molecule is CCN(CC)c1ccc(CN[C@H]2C[C@@H](C(=O)NCCc3ccc4c(c3)OCO4)N(Cc3ccc(Cl)cc3)C2)cc1. The Balaban J connectivity index is 1.18. The van der Waals surface area contributed by atoms with E-state index in [0.29, 0.717) is 13.1 Å². The Morgan fingerprint density at radius 2 is 1.65 bits per heavy atom. The molecule has 2 atom stereocenters. The predicted molar refractivity (Wildman–Crippen MR) is 160 cm³/mol. The first-order valence-electron chi connectivity index (χ1n) is 14.2. The molecule has 2 aliphatic heterocycles. The van der Waals surface area contributed by atoms with E-state index in [4.69, 9.17) is 21.1 Å². The lowest BCUT2D eigenvalue weighted by Gasteiger charge is -2.23. The van der Waals surface area contributed by atoms with Gasteiger partial charge in [0.2, 0.25) is 12.7 Å². The summed E-state index contributed by atoms with van der Waals surface area (Å²) >= 11 is 6.11. The third-order valence-electron chi connectivity index (χ3n) is 7.81. The van der Waals surface area contributed by atoms with Crippen LogP contribution >= 0.6 is 11.6 Å². The zero-order valence-corrected chi connectivity index (χ0v) is 24.1. The molecule has 1 fully saturated rings. The molecule has 0 unspecified atom stereocenters. The minimum Gasteiger partial charge on any atom is -0.454 e. The molecule has 0 bridgehead atoms. The smallest absolute Gasteiger partial charge is 0.237 e. The minimum atomic E-state index is -0.199. The maximum Gasteiger partial charge on any atom is 0.237 e. The predicted octanol–water partition coefficient (Wildman–Crippen LogP) is 5.01. The number of hydrogen-bond donors (Lipinski definition) is 2. The Labute approximate surface area is 242 Å². The molecule has 2 heterocycles. The van der Waals surface area contributed by atoms with E-state index >= 15 is 0 Å². The molecule has 3 aromatic carbocycles. The Morgan fingerprint density at radius 1 is 0.950 bits per heavy atom. The lowest BCUT2D eigenvalue weighted by molar-refractivity contribution is -0.125. The van der Waals surface area contributed by atoms with E-state index in [-0.39, 0.29) is 24.8 Å². The molecule has 0 radical (unpaired) electrons. The molecule has 0 saturated carbocycles. The number of anilines is 1. The van der Waals surface area contributed by atoms with Gasteiger partial charge in [-0.2, -0.15) is 0 Å². The third-order valence-corrected chi connectivity index (χ3v) is 8.07. The summed E-state index contributed by atoms with van der Waals surface area (Å²) in [5.74, 6) is 1.61. The molecule has 212 valence electrons. The second-order valence-corrected chi connectivity index (χ2v) is 10.9. The highest BCUT2D eigenvalue weighted by Gasteiger charge is 2.36. The van der Waals surface area contributed by atoms with Crippen LogP contribution in [0, 0.1) is 0 Å². The molecule has 2 N–H and O–H groups in total. The van der Waals surface area contributed by atoms with E-state index in [0.717, 1.165) is 66.7 Å². The lowest BCUT2D eigenvalue weighted by Crippen LogP contribution is -2.43. The van der Waals surface area contributed by atoms with E-state index in [1.165, 1.54) is 11.3 Å². The van der Waals surface area contributed by atoms with Gasteiger partial charge in [0.15, 0.2) is 11.5 Å². The van der Waals surface area contributed by atoms with Gasteiger partial charge in [0.05, 0.1) is 6.04 Å². The molecule has 7 nitrogen and oxygen atoms in total. The van der Waals surface area contributed by atoms with Crippen LogP contribution in [0.4, 0.5) is 5.69 Å². The van der Waals surface area contributed by atoms with Crippen LogP contribution in [0.15, 0.2) is 66.7 Å². The molecule has 1 amide bonds. The number of fused-ring (bicyclic) bond motifs is 1. The van der Waals surface area contributed by atoms with E-state index in [2.05, 4.69) is 58.5 Å². The molecule has 40 heavy (non-hydrogen) atoms. The number of nitrogens with zero attached hydrogens (tertiary/aromatic N) is 2. The average molecular weight is 563 g/mol. The van der Waals surface area contributed by atoms with Gasteiger partial charge >= 0.3 is 0 Å². The summed E-state index contributed by atoms with van der Waals surface area (Å²) in [5.41, 5.74) is 4.76. The number of rotatable bonds is 12. The van der Waals surface area contributed by atoms with Gasteiger partial charge in [-0.05, 0) is 79.8 Å². The first-order valence-corrected chi connectivity index (χ1v) is 14.6. The van der Waals surface area contributed by atoms with Crippen molar-refractivity contribution < 1.29 is 14.3 Å². The summed E-state index contributed by atoms with van der Waals surface area (Å²) in [6.07, 6.45) is 1.50. The lowest BCUT2D eigenvalue weighted by atomic mass is 10.1. The van der Waals surface area contributed by atoms with Gasteiger partial charge in [-0.15, -0.1) is 0 Å². The highest BCUT2D eigenvalue weighted by molar-refractivity contribution is 6.30. The first-order chi connectivity index (χ1) is 19.5. The summed E-state index contributed by atoms with van der Waals surface area (Å²) in [4.78, 5) is 18.0. The van der Waals surface area contributed by atoms with Gasteiger partial charge in [0.25, 0.3) is 0 Å². The van der Waals surface area contributed by atoms with Crippen molar-refractivity contribution in [2.24, 2.45) is 0 Å². The third kappa shape index (κ3) is 7.08. The van der Waals surface area contributed by atoms with E-state index in [9.17, 15) is 4.79 Å². The number of carbonyl (C=O) groups excluding carboxylic acids is 1. The summed E-state index contributed by atoms with van der Waals surface area (Å²) in [5, 5.41) is 7.61. The molecule has 0 spiro atoms. The molecule has 0 aromatic heterocycles.